The van der Waals surface area contributed by atoms with Crippen molar-refractivity contribution in [3.05, 3.63) is 0 Å². The standard InChI is InChI=1S/C7H10O5/c1-5(9)4-6(10)7(11)12-3-2-8/h2,5,9H,3-4H2,1H3. The SMILES string of the molecule is CC(O)CC(=O)C(=O)OCC=O. The van der Waals surface area contributed by atoms with Crippen LogP contribution in [0.4, 0.5) is 0 Å². The van der Waals surface area contributed by atoms with Crippen molar-refractivity contribution < 1.29 is 24.2 Å². The van der Waals surface area contributed by atoms with Crippen LogP contribution in [0.1, 0.15) is 13.3 Å². The first-order valence-electron chi connectivity index (χ1n) is 3.39. The molecule has 68 valence electrons. The van der Waals surface area contributed by atoms with E-state index in [9.17, 15) is 14.4 Å². The van der Waals surface area contributed by atoms with Crippen LogP contribution in [0.2, 0.25) is 0 Å². The number of Topliss-reactive ketones (excluding diaryl/α,β-unsaturated/α-hetero) is 1. The van der Waals surface area contributed by atoms with Gasteiger partial charge in [0.05, 0.1) is 6.10 Å². The number of carbonyl (C=O) groups is 3. The molecule has 1 atom stereocenters. The van der Waals surface area contributed by atoms with E-state index < -0.39 is 24.5 Å². The molecule has 0 amide bonds. The number of aldehydes is 1. The fourth-order valence-electron chi connectivity index (χ4n) is 0.542. The van der Waals surface area contributed by atoms with Gasteiger partial charge < -0.3 is 9.84 Å². The molecule has 5 nitrogen and oxygen atoms in total. The Hall–Kier alpha value is -1.23. The van der Waals surface area contributed by atoms with Crippen molar-refractivity contribution in [3.8, 4) is 0 Å². The van der Waals surface area contributed by atoms with E-state index in [1.54, 1.807) is 0 Å². The first-order valence-corrected chi connectivity index (χ1v) is 3.39. The summed E-state index contributed by atoms with van der Waals surface area (Å²) in [6, 6.07) is 0. The Labute approximate surface area is 69.3 Å². The number of aliphatic hydroxyl groups excluding tert-OH is 1. The Morgan fingerprint density at radius 3 is 2.58 bits per heavy atom. The quantitative estimate of drug-likeness (QED) is 0.331. The van der Waals surface area contributed by atoms with Gasteiger partial charge in [0.15, 0.2) is 6.29 Å². The van der Waals surface area contributed by atoms with Crippen molar-refractivity contribution in [3.63, 3.8) is 0 Å². The molecule has 0 aromatic heterocycles. The van der Waals surface area contributed by atoms with Crippen LogP contribution in [0.3, 0.4) is 0 Å². The van der Waals surface area contributed by atoms with Crippen molar-refractivity contribution in [2.45, 2.75) is 19.4 Å². The van der Waals surface area contributed by atoms with Crippen LogP contribution in [0.15, 0.2) is 0 Å². The van der Waals surface area contributed by atoms with Crippen LogP contribution in [0.5, 0.6) is 0 Å². The van der Waals surface area contributed by atoms with Gasteiger partial charge in [-0.05, 0) is 6.92 Å². The maximum Gasteiger partial charge on any atom is 0.375 e. The van der Waals surface area contributed by atoms with Crippen LogP contribution < -0.4 is 0 Å². The molecule has 0 saturated heterocycles. The highest BCUT2D eigenvalue weighted by Gasteiger charge is 2.16. The lowest BCUT2D eigenvalue weighted by molar-refractivity contribution is -0.155. The molecule has 0 radical (unpaired) electrons. The Balaban J connectivity index is 3.77. The second kappa shape index (κ2) is 5.42. The minimum Gasteiger partial charge on any atom is -0.452 e. The molecule has 0 heterocycles. The van der Waals surface area contributed by atoms with E-state index in [4.69, 9.17) is 5.11 Å². The van der Waals surface area contributed by atoms with Crippen LogP contribution in [0.25, 0.3) is 0 Å². The van der Waals surface area contributed by atoms with E-state index in [1.165, 1.54) is 6.92 Å². The number of ketones is 1. The van der Waals surface area contributed by atoms with Gasteiger partial charge in [0, 0.05) is 6.42 Å². The first kappa shape index (κ1) is 10.8. The van der Waals surface area contributed by atoms with Crippen LogP contribution in [-0.2, 0) is 19.1 Å². The number of ether oxygens (including phenoxy) is 1. The highest BCUT2D eigenvalue weighted by molar-refractivity contribution is 6.33. The molecule has 0 bridgehead atoms. The highest BCUT2D eigenvalue weighted by Crippen LogP contribution is 1.93. The highest BCUT2D eigenvalue weighted by atomic mass is 16.5. The van der Waals surface area contributed by atoms with Gasteiger partial charge in [-0.1, -0.05) is 0 Å². The van der Waals surface area contributed by atoms with Gasteiger partial charge in [0.1, 0.15) is 6.61 Å². The zero-order valence-electron chi connectivity index (χ0n) is 6.65. The minimum absolute atomic E-state index is 0.280. The molecule has 0 aromatic carbocycles. The third-order valence-electron chi connectivity index (χ3n) is 0.991. The van der Waals surface area contributed by atoms with Crippen molar-refractivity contribution in [1.82, 2.24) is 0 Å². The number of esters is 1. The summed E-state index contributed by atoms with van der Waals surface area (Å²) >= 11 is 0. The summed E-state index contributed by atoms with van der Waals surface area (Å²) < 4.78 is 4.19. The van der Waals surface area contributed by atoms with Gasteiger partial charge >= 0.3 is 5.97 Å². The average Bonchev–Trinajstić information content (AvgIpc) is 1.98. The number of hydrogen-bond donors (Lipinski definition) is 1. The molecule has 12 heavy (non-hydrogen) atoms. The fourth-order valence-corrected chi connectivity index (χ4v) is 0.542. The molecule has 0 fully saturated rings. The molecule has 0 aliphatic heterocycles. The fraction of sp³-hybridized carbons (Fsp3) is 0.571. The molecule has 1 unspecified atom stereocenters. The smallest absolute Gasteiger partial charge is 0.375 e. The monoisotopic (exact) mass is 174 g/mol. The van der Waals surface area contributed by atoms with Crippen LogP contribution in [-0.4, -0.2) is 35.9 Å². The lowest BCUT2D eigenvalue weighted by Crippen LogP contribution is -2.22. The van der Waals surface area contributed by atoms with Crippen molar-refractivity contribution in [2.24, 2.45) is 0 Å². The second-order valence-corrected chi connectivity index (χ2v) is 2.24. The van der Waals surface area contributed by atoms with Gasteiger partial charge in [-0.15, -0.1) is 0 Å². The molecular weight excluding hydrogens is 164 g/mol. The van der Waals surface area contributed by atoms with E-state index >= 15 is 0 Å². The molecule has 0 rings (SSSR count). The first-order chi connectivity index (χ1) is 5.57. The Kier molecular flexibility index (Phi) is 4.87. The van der Waals surface area contributed by atoms with Gasteiger partial charge in [0.25, 0.3) is 0 Å². The van der Waals surface area contributed by atoms with E-state index in [0.717, 1.165) is 0 Å². The third kappa shape index (κ3) is 4.56. The Bertz CT molecular complexity index is 184. The number of aliphatic hydroxyl groups is 1. The summed E-state index contributed by atoms with van der Waals surface area (Å²) in [7, 11) is 0. The lowest BCUT2D eigenvalue weighted by atomic mass is 10.2. The van der Waals surface area contributed by atoms with Gasteiger partial charge in [-0.3, -0.25) is 9.59 Å². The summed E-state index contributed by atoms with van der Waals surface area (Å²) in [4.78, 5) is 31.0. The van der Waals surface area contributed by atoms with Crippen LogP contribution >= 0.6 is 0 Å². The maximum absolute atomic E-state index is 10.7. The minimum atomic E-state index is -1.08. The summed E-state index contributed by atoms with van der Waals surface area (Å²) in [5.41, 5.74) is 0. The number of carbonyl (C=O) groups excluding carboxylic acids is 3. The summed E-state index contributed by atoms with van der Waals surface area (Å²) in [6.45, 7) is 0.954. The number of hydrogen-bond acceptors (Lipinski definition) is 5. The van der Waals surface area contributed by atoms with Crippen molar-refractivity contribution in [2.75, 3.05) is 6.61 Å². The molecule has 0 aliphatic rings. The zero-order valence-corrected chi connectivity index (χ0v) is 6.65. The van der Waals surface area contributed by atoms with Crippen molar-refractivity contribution >= 4 is 18.0 Å². The molecule has 0 saturated carbocycles. The van der Waals surface area contributed by atoms with E-state index in [2.05, 4.69) is 4.74 Å². The van der Waals surface area contributed by atoms with E-state index in [0.29, 0.717) is 6.29 Å². The van der Waals surface area contributed by atoms with Gasteiger partial charge in [-0.2, -0.15) is 0 Å². The average molecular weight is 174 g/mol. The zero-order chi connectivity index (χ0) is 9.56. The molecule has 1 N–H and O–H groups in total. The Morgan fingerprint density at radius 1 is 1.58 bits per heavy atom. The largest absolute Gasteiger partial charge is 0.452 e. The normalized spacial score (nSPS) is 11.8. The maximum atomic E-state index is 10.7. The van der Waals surface area contributed by atoms with E-state index in [1.807, 2.05) is 0 Å². The molecule has 5 heteroatoms. The molecule has 0 aromatic rings. The molecule has 0 aliphatic carbocycles. The topological polar surface area (TPSA) is 80.7 Å². The summed E-state index contributed by atoms with van der Waals surface area (Å²) in [6.07, 6.45) is -0.785. The second-order valence-electron chi connectivity index (χ2n) is 2.24. The van der Waals surface area contributed by atoms with Crippen LogP contribution in [0, 0.1) is 0 Å². The molecule has 0 spiro atoms. The predicted molar refractivity (Wildman–Crippen MR) is 38.3 cm³/mol. The summed E-state index contributed by atoms with van der Waals surface area (Å²) in [5.74, 6) is -1.91. The third-order valence-corrected chi connectivity index (χ3v) is 0.991. The van der Waals surface area contributed by atoms with E-state index in [-0.39, 0.29) is 6.42 Å². The van der Waals surface area contributed by atoms with Crippen molar-refractivity contribution in [1.29, 1.82) is 0 Å². The summed E-state index contributed by atoms with van der Waals surface area (Å²) in [5, 5.41) is 8.70. The molecular formula is C7H10O5. The number of rotatable bonds is 5. The Morgan fingerprint density at radius 2 is 2.17 bits per heavy atom. The predicted octanol–water partition coefficient (Wildman–Crippen LogP) is -0.932. The van der Waals surface area contributed by atoms with Gasteiger partial charge in [0.2, 0.25) is 5.78 Å². The lowest BCUT2D eigenvalue weighted by Gasteiger charge is -2.01. The van der Waals surface area contributed by atoms with Gasteiger partial charge in [-0.25, -0.2) is 4.79 Å².